The number of rotatable bonds is 7. The predicted octanol–water partition coefficient (Wildman–Crippen LogP) is 4.76. The van der Waals surface area contributed by atoms with E-state index in [0.717, 1.165) is 5.56 Å². The number of benzene rings is 1. The van der Waals surface area contributed by atoms with E-state index >= 15 is 0 Å². The van der Waals surface area contributed by atoms with Gasteiger partial charge < -0.3 is 13.6 Å². The van der Waals surface area contributed by atoms with Crippen LogP contribution in [0.3, 0.4) is 0 Å². The highest BCUT2D eigenvalue weighted by molar-refractivity contribution is 7.53. The Morgan fingerprint density at radius 2 is 1.81 bits per heavy atom. The Kier molecular flexibility index (Phi) is 5.59. The molecule has 114 valence electrons. The third-order valence-electron chi connectivity index (χ3n) is 2.70. The molecule has 1 aromatic heterocycles. The minimum absolute atomic E-state index is 0.0648. The van der Waals surface area contributed by atoms with Gasteiger partial charge in [0.15, 0.2) is 0 Å². The summed E-state index contributed by atoms with van der Waals surface area (Å²) in [6, 6.07) is 8.96. The zero-order valence-corrected chi connectivity index (χ0v) is 13.6. The van der Waals surface area contributed by atoms with E-state index in [9.17, 15) is 4.57 Å². The van der Waals surface area contributed by atoms with Crippen LogP contribution in [0.5, 0.6) is 0 Å². The van der Waals surface area contributed by atoms with Crippen LogP contribution in [0.1, 0.15) is 19.6 Å². The molecule has 0 aliphatic rings. The summed E-state index contributed by atoms with van der Waals surface area (Å²) in [6.45, 7) is 4.17. The van der Waals surface area contributed by atoms with Crippen LogP contribution in [0.15, 0.2) is 34.9 Å². The summed E-state index contributed by atoms with van der Waals surface area (Å²) in [6.07, 6.45) is 0.0648. The van der Waals surface area contributed by atoms with Crippen molar-refractivity contribution in [3.63, 3.8) is 0 Å². The van der Waals surface area contributed by atoms with Gasteiger partial charge >= 0.3 is 7.60 Å². The van der Waals surface area contributed by atoms with Gasteiger partial charge in [0.05, 0.1) is 13.2 Å². The normalized spacial score (nSPS) is 11.8. The minimum atomic E-state index is -3.18. The Morgan fingerprint density at radius 3 is 2.38 bits per heavy atom. The molecule has 1 aromatic carbocycles. The molecule has 7 heteroatoms. The van der Waals surface area contributed by atoms with Crippen LogP contribution in [0.25, 0.3) is 11.3 Å². The molecule has 0 amide bonds. The monoisotopic (exact) mass is 329 g/mol. The molecule has 2 aromatic rings. The highest BCUT2D eigenvalue weighted by Crippen LogP contribution is 2.51. The largest absolute Gasteiger partial charge is 0.360 e. The van der Waals surface area contributed by atoms with Gasteiger partial charge in [0.2, 0.25) is 0 Å². The highest BCUT2D eigenvalue weighted by atomic mass is 35.5. The molecule has 21 heavy (non-hydrogen) atoms. The number of hydrogen-bond donors (Lipinski definition) is 0. The van der Waals surface area contributed by atoms with E-state index in [1.165, 1.54) is 0 Å². The van der Waals surface area contributed by atoms with E-state index in [1.54, 1.807) is 32.0 Å². The molecule has 0 aliphatic carbocycles. The Labute approximate surface area is 128 Å². The molecule has 0 N–H and O–H groups in total. The van der Waals surface area contributed by atoms with Gasteiger partial charge in [-0.25, -0.2) is 0 Å². The maximum atomic E-state index is 12.4. The summed E-state index contributed by atoms with van der Waals surface area (Å²) < 4.78 is 28.1. The van der Waals surface area contributed by atoms with Gasteiger partial charge in [-0.1, -0.05) is 28.9 Å². The fraction of sp³-hybridized carbons (Fsp3) is 0.357. The lowest BCUT2D eigenvalue weighted by atomic mass is 10.1. The van der Waals surface area contributed by atoms with E-state index in [0.29, 0.717) is 29.7 Å². The van der Waals surface area contributed by atoms with Crippen molar-refractivity contribution >= 4 is 19.2 Å². The van der Waals surface area contributed by atoms with Crippen molar-refractivity contribution in [2.24, 2.45) is 0 Å². The first kappa shape index (κ1) is 16.2. The van der Waals surface area contributed by atoms with Crippen molar-refractivity contribution in [2.45, 2.75) is 20.0 Å². The van der Waals surface area contributed by atoms with Crippen molar-refractivity contribution in [1.82, 2.24) is 5.16 Å². The average molecular weight is 330 g/mol. The van der Waals surface area contributed by atoms with Gasteiger partial charge in [-0.2, -0.15) is 0 Å². The van der Waals surface area contributed by atoms with Crippen molar-refractivity contribution in [2.75, 3.05) is 13.2 Å². The quantitative estimate of drug-likeness (QED) is 0.685. The van der Waals surface area contributed by atoms with Crippen LogP contribution in [0, 0.1) is 0 Å². The zero-order chi connectivity index (χ0) is 15.3. The van der Waals surface area contributed by atoms with Crippen molar-refractivity contribution < 1.29 is 18.1 Å². The average Bonchev–Trinajstić information content (AvgIpc) is 2.88. The lowest BCUT2D eigenvalue weighted by Gasteiger charge is -2.14. The van der Waals surface area contributed by atoms with Gasteiger partial charge in [0.25, 0.3) is 0 Å². The third kappa shape index (κ3) is 4.42. The van der Waals surface area contributed by atoms with Crippen LogP contribution in [0.2, 0.25) is 5.02 Å². The summed E-state index contributed by atoms with van der Waals surface area (Å²) in [5.41, 5.74) is 1.53. The maximum absolute atomic E-state index is 12.4. The van der Waals surface area contributed by atoms with Gasteiger partial charge in [-0.3, -0.25) is 4.57 Å². The summed E-state index contributed by atoms with van der Waals surface area (Å²) in [7, 11) is -3.18. The first-order chi connectivity index (χ1) is 10.1. The molecule has 0 unspecified atom stereocenters. The molecule has 0 saturated heterocycles. The van der Waals surface area contributed by atoms with E-state index in [2.05, 4.69) is 5.16 Å². The number of nitrogens with zero attached hydrogens (tertiary/aromatic N) is 1. The molecule has 0 fully saturated rings. The van der Waals surface area contributed by atoms with Crippen LogP contribution in [-0.2, 0) is 19.8 Å². The SMILES string of the molecule is CCOP(=O)(Cc1cc(-c2ccc(Cl)cc2)no1)OCC. The number of hydrogen-bond acceptors (Lipinski definition) is 5. The number of aromatic nitrogens is 1. The lowest BCUT2D eigenvalue weighted by Crippen LogP contribution is -1.98. The molecule has 0 spiro atoms. The molecule has 5 nitrogen and oxygen atoms in total. The molecule has 0 bridgehead atoms. The zero-order valence-electron chi connectivity index (χ0n) is 11.9. The Bertz CT molecular complexity index is 616. The Balaban J connectivity index is 2.15. The molecule has 0 radical (unpaired) electrons. The second-order valence-corrected chi connectivity index (χ2v) is 6.78. The molecule has 1 heterocycles. The van der Waals surface area contributed by atoms with Gasteiger partial charge in [0, 0.05) is 16.7 Å². The highest BCUT2D eigenvalue weighted by Gasteiger charge is 2.26. The second-order valence-electron chi connectivity index (χ2n) is 4.29. The fourth-order valence-corrected chi connectivity index (χ4v) is 3.56. The van der Waals surface area contributed by atoms with Crippen molar-refractivity contribution in [3.05, 3.63) is 41.1 Å². The number of halogens is 1. The van der Waals surface area contributed by atoms with Crippen LogP contribution < -0.4 is 0 Å². The summed E-state index contributed by atoms with van der Waals surface area (Å²) in [5.74, 6) is 0.463. The van der Waals surface area contributed by atoms with E-state index < -0.39 is 7.60 Å². The van der Waals surface area contributed by atoms with Crippen LogP contribution >= 0.6 is 19.2 Å². The lowest BCUT2D eigenvalue weighted by molar-refractivity contribution is 0.216. The molecular weight excluding hydrogens is 313 g/mol. The standard InChI is InChI=1S/C14H17ClNO4P/c1-3-18-21(17,19-4-2)10-13-9-14(16-20-13)11-5-7-12(15)8-6-11/h5-9H,3-4,10H2,1-2H3. The smallest absolute Gasteiger partial charge is 0.338 e. The summed E-state index contributed by atoms with van der Waals surface area (Å²) in [5, 5.41) is 4.62. The van der Waals surface area contributed by atoms with E-state index in [-0.39, 0.29) is 6.16 Å². The maximum Gasteiger partial charge on any atom is 0.338 e. The predicted molar refractivity (Wildman–Crippen MR) is 81.5 cm³/mol. The van der Waals surface area contributed by atoms with E-state index in [4.69, 9.17) is 25.2 Å². The van der Waals surface area contributed by atoms with Crippen LogP contribution in [0.4, 0.5) is 0 Å². The minimum Gasteiger partial charge on any atom is -0.360 e. The van der Waals surface area contributed by atoms with E-state index in [1.807, 2.05) is 12.1 Å². The summed E-state index contributed by atoms with van der Waals surface area (Å²) >= 11 is 5.85. The summed E-state index contributed by atoms with van der Waals surface area (Å²) in [4.78, 5) is 0. The molecule has 0 aliphatic heterocycles. The first-order valence-corrected chi connectivity index (χ1v) is 8.76. The fourth-order valence-electron chi connectivity index (χ4n) is 1.86. The topological polar surface area (TPSA) is 61.6 Å². The van der Waals surface area contributed by atoms with Gasteiger partial charge in [-0.15, -0.1) is 0 Å². The van der Waals surface area contributed by atoms with Crippen molar-refractivity contribution in [3.8, 4) is 11.3 Å². The van der Waals surface area contributed by atoms with Gasteiger partial charge in [-0.05, 0) is 26.0 Å². The van der Waals surface area contributed by atoms with Crippen molar-refractivity contribution in [1.29, 1.82) is 0 Å². The van der Waals surface area contributed by atoms with Crippen LogP contribution in [-0.4, -0.2) is 18.4 Å². The third-order valence-corrected chi connectivity index (χ3v) is 4.95. The molecule has 0 saturated carbocycles. The Hall–Kier alpha value is -1.13. The van der Waals surface area contributed by atoms with Gasteiger partial charge in [0.1, 0.15) is 17.6 Å². The molecular formula is C14H17ClNO4P. The second kappa shape index (κ2) is 7.23. The molecule has 0 atom stereocenters. The first-order valence-electron chi connectivity index (χ1n) is 6.66. The molecule has 2 rings (SSSR count). The Morgan fingerprint density at radius 1 is 1.19 bits per heavy atom.